The molecule has 0 radical (unpaired) electrons. The lowest BCUT2D eigenvalue weighted by atomic mass is 9.43. The van der Waals surface area contributed by atoms with Gasteiger partial charge in [0.15, 0.2) is 0 Å². The van der Waals surface area contributed by atoms with Crippen LogP contribution in [0.25, 0.3) is 82.8 Å². The molecule has 10 aromatic carbocycles. The van der Waals surface area contributed by atoms with Crippen LogP contribution in [-0.4, -0.2) is 11.4 Å². The second-order valence-electron chi connectivity index (χ2n) is 31.0. The fourth-order valence-electron chi connectivity index (χ4n) is 16.0. The van der Waals surface area contributed by atoms with Crippen LogP contribution in [0.15, 0.2) is 186 Å². The minimum absolute atomic E-state index is 0.0239. The molecule has 0 saturated heterocycles. The van der Waals surface area contributed by atoms with Gasteiger partial charge in [0.1, 0.15) is 11.2 Å². The highest BCUT2D eigenvalue weighted by atomic mass is 16.3. The Hall–Kier alpha value is -8.54. The molecular weight excluding hydrogens is 1050 g/mol. The van der Waals surface area contributed by atoms with Gasteiger partial charge in [-0.3, -0.25) is 0 Å². The lowest BCUT2D eigenvalue weighted by molar-refractivity contribution is 0.590. The minimum Gasteiger partial charge on any atom is -0.456 e. The highest BCUT2D eigenvalue weighted by Crippen LogP contribution is 2.60. The summed E-state index contributed by atoms with van der Waals surface area (Å²) in [5.74, 6) is 0. The molecule has 5 heteroatoms. The van der Waals surface area contributed by atoms with Crippen molar-refractivity contribution in [3.05, 3.63) is 226 Å². The van der Waals surface area contributed by atoms with E-state index in [0.29, 0.717) is 0 Å². The number of nitrogens with zero attached hydrogens (tertiary/aromatic N) is 3. The summed E-state index contributed by atoms with van der Waals surface area (Å²) < 4.78 is 10.1. The van der Waals surface area contributed by atoms with Crippen molar-refractivity contribution in [1.29, 1.82) is 0 Å². The molecule has 2 aliphatic heterocycles. The maximum atomic E-state index is 7.39. The van der Waals surface area contributed by atoms with E-state index >= 15 is 0 Å². The minimum atomic E-state index is -0.316. The van der Waals surface area contributed by atoms with Gasteiger partial charge < -0.3 is 18.7 Å². The summed E-state index contributed by atoms with van der Waals surface area (Å²) in [5.41, 5.74) is 32.0. The van der Waals surface area contributed by atoms with Gasteiger partial charge in [0.2, 0.25) is 0 Å². The van der Waals surface area contributed by atoms with E-state index in [-0.39, 0.29) is 39.3 Å². The monoisotopic (exact) mass is 1130 g/mol. The van der Waals surface area contributed by atoms with Gasteiger partial charge in [-0.1, -0.05) is 208 Å². The standard InChI is InChI=1S/C82H78BN3O/c1-77(2,3)47-25-32-51(33-26-47)84(52-34-27-48(28-35-52)78(4,5)6)54-38-39-56-59-43-61-67(46-70(59)87-69(56)42-54)86(53-36-29-49(30-37-53)79(7,8)9)83-65-45-64-58(55-21-17-19-23-62(55)81(64,13)14)44-68(65)85-66-40-31-50(80(10,11)12)41-60(66)73-74-71(72(61)75(83)76(73)85)57-22-18-20-24-63(57)82(74,15)16/h17-46H,1-16H3. The molecule has 16 rings (SSSR count). The molecule has 2 aromatic heterocycles. The smallest absolute Gasteiger partial charge is 0.333 e. The summed E-state index contributed by atoms with van der Waals surface area (Å²) in [6.45, 7) is 37.4. The largest absolute Gasteiger partial charge is 0.456 e. The number of anilines is 5. The van der Waals surface area contributed by atoms with Gasteiger partial charge in [0, 0.05) is 84.2 Å². The van der Waals surface area contributed by atoms with Crippen molar-refractivity contribution in [2.75, 3.05) is 9.71 Å². The number of rotatable bonds is 4. The third-order valence-corrected chi connectivity index (χ3v) is 20.8. The first-order valence-corrected chi connectivity index (χ1v) is 31.7. The third-order valence-electron chi connectivity index (χ3n) is 20.8. The van der Waals surface area contributed by atoms with Crippen molar-refractivity contribution >= 4 is 90.0 Å². The number of fused-ring (bicyclic) bond motifs is 19. The van der Waals surface area contributed by atoms with E-state index in [1.807, 2.05) is 0 Å². The van der Waals surface area contributed by atoms with Gasteiger partial charge in [-0.15, -0.1) is 0 Å². The Morgan fingerprint density at radius 1 is 0.414 bits per heavy atom. The average Bonchev–Trinajstić information content (AvgIpc) is 1.54. The zero-order chi connectivity index (χ0) is 60.6. The maximum Gasteiger partial charge on any atom is 0.333 e. The summed E-state index contributed by atoms with van der Waals surface area (Å²) in [5, 5.41) is 4.92. The fraction of sp³-hybridized carbons (Fsp3) is 0.268. The van der Waals surface area contributed by atoms with E-state index in [9.17, 15) is 0 Å². The molecule has 2 aliphatic carbocycles. The Bertz CT molecular complexity index is 4880. The Morgan fingerprint density at radius 3 is 1.56 bits per heavy atom. The van der Waals surface area contributed by atoms with Gasteiger partial charge in [-0.05, 0) is 178 Å². The molecule has 4 heterocycles. The molecule has 0 spiro atoms. The lowest BCUT2D eigenvalue weighted by Gasteiger charge is -2.43. The van der Waals surface area contributed by atoms with Crippen LogP contribution in [0.5, 0.6) is 0 Å². The molecule has 0 bridgehead atoms. The summed E-state index contributed by atoms with van der Waals surface area (Å²) in [6, 6.07) is 70.8. The first kappa shape index (κ1) is 53.9. The molecule has 0 amide bonds. The molecule has 0 atom stereocenters. The van der Waals surface area contributed by atoms with Gasteiger partial charge in [0.05, 0.1) is 11.0 Å². The molecule has 0 N–H and O–H groups in total. The molecule has 0 unspecified atom stereocenters. The van der Waals surface area contributed by atoms with E-state index in [1.54, 1.807) is 0 Å². The van der Waals surface area contributed by atoms with Crippen LogP contribution in [0, 0.1) is 0 Å². The van der Waals surface area contributed by atoms with Crippen molar-refractivity contribution in [2.45, 2.75) is 143 Å². The van der Waals surface area contributed by atoms with E-state index in [1.165, 1.54) is 116 Å². The van der Waals surface area contributed by atoms with Gasteiger partial charge >= 0.3 is 6.85 Å². The number of aromatic nitrogens is 1. The Morgan fingerprint density at radius 2 is 0.954 bits per heavy atom. The SMILES string of the molecule is CC(C)(C)c1ccc(N2B3c4cc5c(cc4-n4c6ccc(C(C)(C)C)cc6c6c7c(c(c3c64)-c3cc4c(cc32)oc2cc(N(c3ccc(C(C)(C)C)cc3)c3ccc(C(C)(C)C)cc3)ccc24)-c2ccccc2C7(C)C)-c2ccccc2C5(C)C)cc1. The van der Waals surface area contributed by atoms with Gasteiger partial charge in [-0.2, -0.15) is 0 Å². The first-order chi connectivity index (χ1) is 41.2. The highest BCUT2D eigenvalue weighted by molar-refractivity contribution is 6.94. The van der Waals surface area contributed by atoms with Crippen LogP contribution in [0.1, 0.15) is 155 Å². The van der Waals surface area contributed by atoms with Crippen LogP contribution >= 0.6 is 0 Å². The molecule has 4 aliphatic rings. The Labute approximate surface area is 514 Å². The highest BCUT2D eigenvalue weighted by Gasteiger charge is 2.51. The molecule has 0 fully saturated rings. The summed E-state index contributed by atoms with van der Waals surface area (Å²) >= 11 is 0. The molecule has 4 nitrogen and oxygen atoms in total. The lowest BCUT2D eigenvalue weighted by Crippen LogP contribution is -2.61. The van der Waals surface area contributed by atoms with Crippen LogP contribution in [0.4, 0.5) is 28.4 Å². The van der Waals surface area contributed by atoms with Crippen LogP contribution in [0.2, 0.25) is 0 Å². The van der Waals surface area contributed by atoms with E-state index in [2.05, 4.69) is 307 Å². The third kappa shape index (κ3) is 7.57. The van der Waals surface area contributed by atoms with Crippen LogP contribution < -0.4 is 20.6 Å². The number of hydrogen-bond acceptors (Lipinski definition) is 3. The van der Waals surface area contributed by atoms with Crippen LogP contribution in [0.3, 0.4) is 0 Å². The van der Waals surface area contributed by atoms with Crippen LogP contribution in [-0.2, 0) is 32.5 Å². The van der Waals surface area contributed by atoms with Crippen molar-refractivity contribution in [3.63, 3.8) is 0 Å². The average molecular weight is 1130 g/mol. The number of furan rings is 1. The number of benzene rings is 10. The molecule has 12 aromatic rings. The summed E-state index contributed by atoms with van der Waals surface area (Å²) in [4.78, 5) is 5.10. The van der Waals surface area contributed by atoms with Crippen molar-refractivity contribution in [1.82, 2.24) is 4.57 Å². The quantitative estimate of drug-likeness (QED) is 0.164. The zero-order valence-corrected chi connectivity index (χ0v) is 53.6. The predicted molar refractivity (Wildman–Crippen MR) is 372 cm³/mol. The van der Waals surface area contributed by atoms with Crippen molar-refractivity contribution in [3.8, 4) is 39.1 Å². The Balaban J connectivity index is 1.03. The maximum absolute atomic E-state index is 7.39. The fourth-order valence-corrected chi connectivity index (χ4v) is 16.0. The van der Waals surface area contributed by atoms with E-state index < -0.39 is 0 Å². The topological polar surface area (TPSA) is 24.6 Å². The predicted octanol–water partition coefficient (Wildman–Crippen LogP) is 21.2. The Kier molecular flexibility index (Phi) is 10.9. The van der Waals surface area contributed by atoms with Gasteiger partial charge in [-0.25, -0.2) is 0 Å². The molecule has 430 valence electrons. The zero-order valence-electron chi connectivity index (χ0n) is 53.6. The number of hydrogen-bond donors (Lipinski definition) is 0. The van der Waals surface area contributed by atoms with E-state index in [4.69, 9.17) is 4.42 Å². The second-order valence-corrected chi connectivity index (χ2v) is 31.0. The van der Waals surface area contributed by atoms with E-state index in [0.717, 1.165) is 50.4 Å². The van der Waals surface area contributed by atoms with Gasteiger partial charge in [0.25, 0.3) is 0 Å². The summed E-state index contributed by atoms with van der Waals surface area (Å²) in [7, 11) is 0. The molecule has 87 heavy (non-hydrogen) atoms. The van der Waals surface area contributed by atoms with Crippen molar-refractivity contribution < 1.29 is 4.42 Å². The second kappa shape index (κ2) is 17.6. The first-order valence-electron chi connectivity index (χ1n) is 31.7. The summed E-state index contributed by atoms with van der Waals surface area (Å²) in [6.07, 6.45) is 0. The molecular formula is C82H78BN3O. The normalized spacial score (nSPS) is 15.3. The molecule has 0 saturated carbocycles. The van der Waals surface area contributed by atoms with Crippen molar-refractivity contribution in [2.24, 2.45) is 0 Å².